The molecule has 11 heteroatoms. The number of alkyl carbamates (subject to hydrolysis) is 1. The second-order valence-corrected chi connectivity index (χ2v) is 13.0. The molecular weight excluding hydrogens is 632 g/mol. The van der Waals surface area contributed by atoms with Gasteiger partial charge in [-0.15, -0.1) is 0 Å². The second kappa shape index (κ2) is 19.0. The lowest BCUT2D eigenvalue weighted by Gasteiger charge is -2.31. The summed E-state index contributed by atoms with van der Waals surface area (Å²) in [5, 5.41) is 20.6. The Morgan fingerprint density at radius 1 is 0.800 bits per heavy atom. The van der Waals surface area contributed by atoms with Gasteiger partial charge in [-0.05, 0) is 60.4 Å². The molecule has 0 bridgehead atoms. The van der Waals surface area contributed by atoms with E-state index in [0.29, 0.717) is 19.4 Å². The van der Waals surface area contributed by atoms with Gasteiger partial charge in [-0.3, -0.25) is 14.8 Å². The second-order valence-electron chi connectivity index (χ2n) is 13.0. The lowest BCUT2D eigenvalue weighted by atomic mass is 9.93. The van der Waals surface area contributed by atoms with Gasteiger partial charge in [-0.2, -0.15) is 0 Å². The van der Waals surface area contributed by atoms with Crippen molar-refractivity contribution in [3.05, 3.63) is 131 Å². The van der Waals surface area contributed by atoms with E-state index in [-0.39, 0.29) is 18.9 Å². The molecule has 4 rings (SSSR count). The number of carbonyl (C=O) groups is 3. The molecule has 1 unspecified atom stereocenters. The number of urea groups is 1. The van der Waals surface area contributed by atoms with Crippen molar-refractivity contribution in [2.75, 3.05) is 7.05 Å². The molecule has 4 N–H and O–H groups in total. The average Bonchev–Trinajstić information content (AvgIpc) is 3.10. The third-order valence-corrected chi connectivity index (χ3v) is 8.28. The topological polar surface area (TPSA) is 146 Å². The number of hydrogen-bond donors (Lipinski definition) is 4. The van der Waals surface area contributed by atoms with Crippen LogP contribution in [-0.4, -0.2) is 69.3 Å². The van der Waals surface area contributed by atoms with Crippen molar-refractivity contribution in [1.82, 2.24) is 30.8 Å². The minimum atomic E-state index is -1.06. The molecule has 0 radical (unpaired) electrons. The molecule has 2 aromatic carbocycles. The van der Waals surface area contributed by atoms with E-state index in [4.69, 9.17) is 4.74 Å². The fraction of sp³-hybridized carbons (Fsp3) is 0.359. The van der Waals surface area contributed by atoms with Crippen LogP contribution in [0.2, 0.25) is 0 Å². The highest BCUT2D eigenvalue weighted by molar-refractivity contribution is 5.87. The van der Waals surface area contributed by atoms with Gasteiger partial charge in [0, 0.05) is 50.0 Å². The van der Waals surface area contributed by atoms with E-state index >= 15 is 0 Å². The van der Waals surface area contributed by atoms with Crippen molar-refractivity contribution >= 4 is 18.0 Å². The summed E-state index contributed by atoms with van der Waals surface area (Å²) in [5.74, 6) is -0.660. The van der Waals surface area contributed by atoms with Crippen molar-refractivity contribution in [3.63, 3.8) is 0 Å². The van der Waals surface area contributed by atoms with E-state index in [2.05, 4.69) is 25.9 Å². The SMILES string of the molecule is Cc1cncc(CN(C)C(=O)NC(C(=O)N[C@@H](Cc2ccccc2)[C@@H](O)C[C@H](Cc2ccccc2)NC(=O)OCc2cccnc2)C(C)C)c1. The summed E-state index contributed by atoms with van der Waals surface area (Å²) in [5.41, 5.74) is 4.49. The summed E-state index contributed by atoms with van der Waals surface area (Å²) in [6.45, 7) is 6.02. The molecule has 0 saturated carbocycles. The summed E-state index contributed by atoms with van der Waals surface area (Å²) in [4.78, 5) is 49.8. The number of nitrogens with one attached hydrogen (secondary N) is 3. The number of aliphatic hydroxyl groups is 1. The van der Waals surface area contributed by atoms with Gasteiger partial charge in [0.1, 0.15) is 12.6 Å². The normalized spacial score (nSPS) is 13.4. The highest BCUT2D eigenvalue weighted by Gasteiger charge is 2.31. The zero-order valence-corrected chi connectivity index (χ0v) is 29.2. The van der Waals surface area contributed by atoms with Gasteiger partial charge < -0.3 is 30.7 Å². The number of rotatable bonds is 16. The molecular formula is C39H48N6O5. The molecule has 0 aliphatic heterocycles. The number of carbonyl (C=O) groups excluding carboxylic acids is 3. The fourth-order valence-electron chi connectivity index (χ4n) is 5.64. The minimum Gasteiger partial charge on any atom is -0.445 e. The number of benzene rings is 2. The Balaban J connectivity index is 1.48. The molecule has 11 nitrogen and oxygen atoms in total. The number of nitrogens with zero attached hydrogens (tertiary/aromatic N) is 3. The molecule has 0 spiro atoms. The van der Waals surface area contributed by atoms with Crippen LogP contribution in [0.1, 0.15) is 48.1 Å². The molecule has 0 saturated heterocycles. The predicted octanol–water partition coefficient (Wildman–Crippen LogP) is 4.97. The van der Waals surface area contributed by atoms with E-state index in [0.717, 1.165) is 27.8 Å². The van der Waals surface area contributed by atoms with Crippen molar-refractivity contribution in [3.8, 4) is 0 Å². The molecule has 264 valence electrons. The first-order chi connectivity index (χ1) is 24.1. The van der Waals surface area contributed by atoms with Crippen LogP contribution >= 0.6 is 0 Å². The minimum absolute atomic E-state index is 0.0480. The van der Waals surface area contributed by atoms with Gasteiger partial charge >= 0.3 is 12.1 Å². The quantitative estimate of drug-likeness (QED) is 0.131. The van der Waals surface area contributed by atoms with Crippen LogP contribution < -0.4 is 16.0 Å². The molecule has 4 atom stereocenters. The maximum Gasteiger partial charge on any atom is 0.407 e. The third kappa shape index (κ3) is 12.3. The van der Waals surface area contributed by atoms with Crippen LogP contribution in [-0.2, 0) is 35.5 Å². The molecule has 2 heterocycles. The van der Waals surface area contributed by atoms with Crippen LogP contribution in [0.4, 0.5) is 9.59 Å². The monoisotopic (exact) mass is 680 g/mol. The summed E-state index contributed by atoms with van der Waals surface area (Å²) in [7, 11) is 1.66. The first-order valence-electron chi connectivity index (χ1n) is 16.9. The average molecular weight is 681 g/mol. The summed E-state index contributed by atoms with van der Waals surface area (Å²) < 4.78 is 5.47. The lowest BCUT2D eigenvalue weighted by molar-refractivity contribution is -0.125. The Morgan fingerprint density at radius 3 is 2.06 bits per heavy atom. The van der Waals surface area contributed by atoms with E-state index in [1.165, 1.54) is 4.90 Å². The maximum absolute atomic E-state index is 13.9. The van der Waals surface area contributed by atoms with Gasteiger partial charge in [-0.1, -0.05) is 86.6 Å². The molecule has 4 amide bonds. The van der Waals surface area contributed by atoms with Gasteiger partial charge in [0.05, 0.1) is 12.1 Å². The molecule has 4 aromatic rings. The van der Waals surface area contributed by atoms with Crippen LogP contribution in [0.25, 0.3) is 0 Å². The zero-order valence-electron chi connectivity index (χ0n) is 29.2. The zero-order chi connectivity index (χ0) is 35.9. The van der Waals surface area contributed by atoms with Crippen molar-refractivity contribution in [2.45, 2.75) is 77.4 Å². The third-order valence-electron chi connectivity index (χ3n) is 8.28. The molecule has 0 fully saturated rings. The Bertz CT molecular complexity index is 1640. The van der Waals surface area contributed by atoms with Crippen LogP contribution in [0.5, 0.6) is 0 Å². The van der Waals surface area contributed by atoms with Crippen LogP contribution in [0.3, 0.4) is 0 Å². The molecule has 2 aromatic heterocycles. The van der Waals surface area contributed by atoms with Gasteiger partial charge in [0.2, 0.25) is 5.91 Å². The fourth-order valence-corrected chi connectivity index (χ4v) is 5.64. The van der Waals surface area contributed by atoms with Crippen molar-refractivity contribution < 1.29 is 24.2 Å². The Hall–Kier alpha value is -5.29. The summed E-state index contributed by atoms with van der Waals surface area (Å²) in [6.07, 6.45) is 5.92. The van der Waals surface area contributed by atoms with E-state index in [1.807, 2.05) is 93.6 Å². The standard InChI is InChI=1S/C39H48N6O5/c1-27(2)36(44-38(48)45(4)25-32-18-28(3)22-41-24-32)37(47)43-34(20-30-14-9-6-10-15-30)35(46)21-33(19-29-12-7-5-8-13-29)42-39(49)50-26-31-16-11-17-40-23-31/h5-18,22-24,27,33-36,46H,19-21,25-26H2,1-4H3,(H,42,49)(H,43,47)(H,44,48)/t33-,34-,35-,36?/m0/s1. The number of pyridine rings is 2. The van der Waals surface area contributed by atoms with Crippen molar-refractivity contribution in [1.29, 1.82) is 0 Å². The number of aromatic nitrogens is 2. The van der Waals surface area contributed by atoms with E-state index < -0.39 is 42.3 Å². The first-order valence-corrected chi connectivity index (χ1v) is 16.9. The van der Waals surface area contributed by atoms with E-state index in [9.17, 15) is 19.5 Å². The highest BCUT2D eigenvalue weighted by Crippen LogP contribution is 2.16. The van der Waals surface area contributed by atoms with Crippen LogP contribution in [0.15, 0.2) is 104 Å². The van der Waals surface area contributed by atoms with Crippen LogP contribution in [0, 0.1) is 12.8 Å². The number of amides is 4. The van der Waals surface area contributed by atoms with Gasteiger partial charge in [0.15, 0.2) is 0 Å². The van der Waals surface area contributed by atoms with Gasteiger partial charge in [-0.25, -0.2) is 9.59 Å². The number of hydrogen-bond acceptors (Lipinski definition) is 7. The first kappa shape index (κ1) is 37.5. The van der Waals surface area contributed by atoms with E-state index in [1.54, 1.807) is 37.9 Å². The summed E-state index contributed by atoms with van der Waals surface area (Å²) in [6, 6.07) is 22.2. The highest BCUT2D eigenvalue weighted by atomic mass is 16.5. The lowest BCUT2D eigenvalue weighted by Crippen LogP contribution is -2.57. The number of ether oxygens (including phenoxy) is 1. The number of aryl methyl sites for hydroxylation is 1. The Morgan fingerprint density at radius 2 is 1.44 bits per heavy atom. The molecule has 0 aliphatic rings. The summed E-state index contributed by atoms with van der Waals surface area (Å²) >= 11 is 0. The Kier molecular flexibility index (Phi) is 14.3. The Labute approximate surface area is 294 Å². The largest absolute Gasteiger partial charge is 0.445 e. The van der Waals surface area contributed by atoms with Gasteiger partial charge in [0.25, 0.3) is 0 Å². The smallest absolute Gasteiger partial charge is 0.407 e. The number of aliphatic hydroxyl groups excluding tert-OH is 1. The van der Waals surface area contributed by atoms with Crippen molar-refractivity contribution in [2.24, 2.45) is 5.92 Å². The molecule has 50 heavy (non-hydrogen) atoms. The predicted molar refractivity (Wildman–Crippen MR) is 192 cm³/mol. The maximum atomic E-state index is 13.9. The molecule has 0 aliphatic carbocycles.